The molecule has 9 nitrogen and oxygen atoms in total. The molecule has 0 saturated carbocycles. The molecular weight excluding hydrogens is 504 g/mol. The number of benzene rings is 1. The van der Waals surface area contributed by atoms with Gasteiger partial charge in [-0.25, -0.2) is 9.48 Å². The van der Waals surface area contributed by atoms with Gasteiger partial charge >= 0.3 is 11.7 Å². The number of esters is 1. The van der Waals surface area contributed by atoms with E-state index in [1.807, 2.05) is 36.1 Å². The number of thioether (sulfide) groups is 1. The third kappa shape index (κ3) is 10.6. The lowest BCUT2D eigenvalue weighted by molar-refractivity contribution is -0.143. The SMILES string of the molecule is CCCCCCCN(CCCCOc1cccc(SC(C)COC(=O)CC)c1)c1nn(C)c(=O)n(C)c1=O. The highest BCUT2D eigenvalue weighted by molar-refractivity contribution is 8.00. The van der Waals surface area contributed by atoms with Crippen molar-refractivity contribution in [2.24, 2.45) is 14.1 Å². The molecule has 212 valence electrons. The number of ether oxygens (including phenoxy) is 2. The van der Waals surface area contributed by atoms with Crippen molar-refractivity contribution in [3.05, 3.63) is 45.1 Å². The average Bonchev–Trinajstić information content (AvgIpc) is 2.91. The Kier molecular flexibility index (Phi) is 14.0. The molecule has 1 aromatic carbocycles. The minimum Gasteiger partial charge on any atom is -0.494 e. The fourth-order valence-corrected chi connectivity index (χ4v) is 4.86. The first-order valence-corrected chi connectivity index (χ1v) is 14.6. The minimum atomic E-state index is -0.424. The Morgan fingerprint density at radius 3 is 2.47 bits per heavy atom. The molecule has 0 spiro atoms. The number of anilines is 1. The van der Waals surface area contributed by atoms with Crippen molar-refractivity contribution in [2.45, 2.75) is 82.3 Å². The molecule has 0 radical (unpaired) electrons. The highest BCUT2D eigenvalue weighted by atomic mass is 32.2. The van der Waals surface area contributed by atoms with Gasteiger partial charge in [-0.05, 0) is 44.4 Å². The molecule has 0 N–H and O–H groups in total. The first-order chi connectivity index (χ1) is 18.3. The van der Waals surface area contributed by atoms with Gasteiger partial charge in [0.2, 0.25) is 5.82 Å². The fourth-order valence-electron chi connectivity index (χ4n) is 3.92. The largest absolute Gasteiger partial charge is 0.494 e. The van der Waals surface area contributed by atoms with E-state index in [2.05, 4.69) is 12.0 Å². The van der Waals surface area contributed by atoms with Crippen molar-refractivity contribution in [3.63, 3.8) is 0 Å². The molecular formula is C28H44N4O5S. The number of rotatable bonds is 18. The van der Waals surface area contributed by atoms with Crippen molar-refractivity contribution in [1.29, 1.82) is 0 Å². The standard InChI is InChI=1S/C28H44N4O5S/c1-6-8-9-10-11-17-32(26-27(34)30(4)28(35)31(5)29-26)18-12-13-19-36-23-15-14-16-24(20-23)38-22(3)21-37-25(33)7-2/h14-16,20,22H,6-13,17-19,21H2,1-5H3. The number of hydrogen-bond acceptors (Lipinski definition) is 8. The van der Waals surface area contributed by atoms with Gasteiger partial charge in [0.1, 0.15) is 12.4 Å². The Morgan fingerprint density at radius 2 is 1.76 bits per heavy atom. The highest BCUT2D eigenvalue weighted by Gasteiger charge is 2.16. The number of carbonyl (C=O) groups is 1. The summed E-state index contributed by atoms with van der Waals surface area (Å²) in [4.78, 5) is 39.3. The molecule has 2 aromatic rings. The molecule has 0 amide bonds. The lowest BCUT2D eigenvalue weighted by atomic mass is 10.1. The molecule has 0 fully saturated rings. The van der Waals surface area contributed by atoms with Crippen LogP contribution in [0.25, 0.3) is 0 Å². The zero-order valence-corrected chi connectivity index (χ0v) is 24.4. The first-order valence-electron chi connectivity index (χ1n) is 13.7. The Labute approximate surface area is 230 Å². The van der Waals surface area contributed by atoms with Crippen LogP contribution < -0.4 is 20.9 Å². The van der Waals surface area contributed by atoms with Gasteiger partial charge in [0, 0.05) is 43.8 Å². The molecule has 2 rings (SSSR count). The summed E-state index contributed by atoms with van der Waals surface area (Å²) in [6.07, 6.45) is 7.69. The molecule has 10 heteroatoms. The molecule has 0 saturated heterocycles. The quantitative estimate of drug-likeness (QED) is 0.152. The number of carbonyl (C=O) groups excluding carboxylic acids is 1. The van der Waals surface area contributed by atoms with E-state index in [4.69, 9.17) is 9.47 Å². The van der Waals surface area contributed by atoms with Gasteiger partial charge in [-0.1, -0.05) is 45.6 Å². The molecule has 0 aliphatic rings. The van der Waals surface area contributed by atoms with Gasteiger partial charge < -0.3 is 14.4 Å². The van der Waals surface area contributed by atoms with Crippen molar-refractivity contribution in [3.8, 4) is 5.75 Å². The summed E-state index contributed by atoms with van der Waals surface area (Å²) < 4.78 is 13.6. The first kappa shape index (κ1) is 31.5. The van der Waals surface area contributed by atoms with E-state index >= 15 is 0 Å². The minimum absolute atomic E-state index is 0.146. The van der Waals surface area contributed by atoms with Crippen LogP contribution >= 0.6 is 11.8 Å². The monoisotopic (exact) mass is 548 g/mol. The van der Waals surface area contributed by atoms with E-state index < -0.39 is 5.69 Å². The molecule has 0 aliphatic carbocycles. The normalized spacial score (nSPS) is 11.8. The Morgan fingerprint density at radius 1 is 1.05 bits per heavy atom. The molecule has 1 heterocycles. The van der Waals surface area contributed by atoms with Gasteiger partial charge in [0.15, 0.2) is 0 Å². The van der Waals surface area contributed by atoms with Crippen LogP contribution in [0.3, 0.4) is 0 Å². The van der Waals surface area contributed by atoms with Crippen LogP contribution in [-0.2, 0) is 23.6 Å². The Bertz CT molecular complexity index is 1120. The predicted octanol–water partition coefficient (Wildman–Crippen LogP) is 4.55. The van der Waals surface area contributed by atoms with Crippen LogP contribution in [0, 0.1) is 0 Å². The van der Waals surface area contributed by atoms with Gasteiger partial charge in [0.25, 0.3) is 5.56 Å². The summed E-state index contributed by atoms with van der Waals surface area (Å²) in [6.45, 7) is 8.35. The van der Waals surface area contributed by atoms with Crippen molar-refractivity contribution < 1.29 is 14.3 Å². The van der Waals surface area contributed by atoms with Crippen LogP contribution in [0.1, 0.15) is 72.1 Å². The van der Waals surface area contributed by atoms with E-state index in [1.54, 1.807) is 25.7 Å². The van der Waals surface area contributed by atoms with Gasteiger partial charge in [-0.15, -0.1) is 16.9 Å². The van der Waals surface area contributed by atoms with E-state index in [0.29, 0.717) is 32.0 Å². The zero-order valence-electron chi connectivity index (χ0n) is 23.6. The highest BCUT2D eigenvalue weighted by Crippen LogP contribution is 2.27. The maximum atomic E-state index is 12.8. The summed E-state index contributed by atoms with van der Waals surface area (Å²) in [7, 11) is 3.07. The lowest BCUT2D eigenvalue weighted by Crippen LogP contribution is -2.43. The van der Waals surface area contributed by atoms with Gasteiger partial charge in [-0.2, -0.15) is 0 Å². The maximum absolute atomic E-state index is 12.8. The fraction of sp³-hybridized carbons (Fsp3) is 0.643. The third-order valence-electron chi connectivity index (χ3n) is 6.14. The van der Waals surface area contributed by atoms with Crippen molar-refractivity contribution in [2.75, 3.05) is 31.2 Å². The Balaban J connectivity index is 1.89. The van der Waals surface area contributed by atoms with E-state index in [0.717, 1.165) is 47.4 Å². The van der Waals surface area contributed by atoms with Crippen LogP contribution in [-0.4, -0.2) is 51.9 Å². The van der Waals surface area contributed by atoms with Crippen LogP contribution in [0.2, 0.25) is 0 Å². The predicted molar refractivity (Wildman–Crippen MR) is 153 cm³/mol. The second-order valence-corrected chi connectivity index (χ2v) is 11.0. The number of hydrogen-bond donors (Lipinski definition) is 0. The van der Waals surface area contributed by atoms with E-state index in [-0.39, 0.29) is 16.8 Å². The number of aromatic nitrogens is 3. The van der Waals surface area contributed by atoms with E-state index in [1.165, 1.54) is 31.0 Å². The van der Waals surface area contributed by atoms with E-state index in [9.17, 15) is 14.4 Å². The zero-order chi connectivity index (χ0) is 27.9. The second kappa shape index (κ2) is 17.0. The molecule has 1 atom stereocenters. The van der Waals surface area contributed by atoms with Crippen LogP contribution in [0.15, 0.2) is 38.8 Å². The summed E-state index contributed by atoms with van der Waals surface area (Å²) >= 11 is 1.65. The molecule has 1 unspecified atom stereocenters. The average molecular weight is 549 g/mol. The van der Waals surface area contributed by atoms with Gasteiger partial charge in [0.05, 0.1) is 6.61 Å². The topological polar surface area (TPSA) is 95.7 Å². The number of nitrogens with zero attached hydrogens (tertiary/aromatic N) is 4. The molecule has 0 bridgehead atoms. The summed E-state index contributed by atoms with van der Waals surface area (Å²) in [5.41, 5.74) is -0.780. The molecule has 1 aromatic heterocycles. The smallest absolute Gasteiger partial charge is 0.346 e. The maximum Gasteiger partial charge on any atom is 0.346 e. The van der Waals surface area contributed by atoms with Gasteiger partial charge in [-0.3, -0.25) is 14.2 Å². The number of unbranched alkanes of at least 4 members (excludes halogenated alkanes) is 5. The summed E-state index contributed by atoms with van der Waals surface area (Å²) in [5.74, 6) is 0.945. The molecule has 0 aliphatic heterocycles. The van der Waals surface area contributed by atoms with Crippen molar-refractivity contribution >= 4 is 23.5 Å². The lowest BCUT2D eigenvalue weighted by Gasteiger charge is -2.23. The van der Waals surface area contributed by atoms with Crippen molar-refractivity contribution in [1.82, 2.24) is 14.3 Å². The van der Waals surface area contributed by atoms with Crippen LogP contribution in [0.5, 0.6) is 5.75 Å². The molecule has 38 heavy (non-hydrogen) atoms. The summed E-state index contributed by atoms with van der Waals surface area (Å²) in [6, 6.07) is 7.93. The Hall–Kier alpha value is -2.75. The summed E-state index contributed by atoms with van der Waals surface area (Å²) in [5, 5.41) is 4.44. The van der Waals surface area contributed by atoms with Crippen LogP contribution in [0.4, 0.5) is 5.82 Å². The number of aryl methyl sites for hydroxylation is 1. The second-order valence-electron chi connectivity index (χ2n) is 9.49. The third-order valence-corrected chi connectivity index (χ3v) is 7.20.